The summed E-state index contributed by atoms with van der Waals surface area (Å²) >= 11 is 0. The molecule has 1 amide bonds. The lowest BCUT2D eigenvalue weighted by Gasteiger charge is -2.28. The topological polar surface area (TPSA) is 66.5 Å². The van der Waals surface area contributed by atoms with Crippen LogP contribution in [0.5, 0.6) is 0 Å². The van der Waals surface area contributed by atoms with Crippen LogP contribution in [0.15, 0.2) is 60.7 Å². The van der Waals surface area contributed by atoms with Crippen LogP contribution in [0.2, 0.25) is 0 Å². The van der Waals surface area contributed by atoms with Gasteiger partial charge in [-0.1, -0.05) is 36.4 Å². The van der Waals surface area contributed by atoms with Gasteiger partial charge in [-0.05, 0) is 66.9 Å². The third-order valence-corrected chi connectivity index (χ3v) is 5.81. The molecule has 3 rings (SSSR count). The number of fused-ring (bicyclic) bond motifs is 1. The average molecular weight is 397 g/mol. The van der Waals surface area contributed by atoms with Gasteiger partial charge in [0.15, 0.2) is 0 Å². The van der Waals surface area contributed by atoms with Crippen molar-refractivity contribution in [3.63, 3.8) is 0 Å². The number of benzene rings is 3. The Morgan fingerprint density at radius 1 is 0.929 bits per heavy atom. The summed E-state index contributed by atoms with van der Waals surface area (Å²) in [6.45, 7) is 5.39. The summed E-state index contributed by atoms with van der Waals surface area (Å²) < 4.78 is 26.1. The molecular weight excluding hydrogens is 372 g/mol. The predicted octanol–water partition coefficient (Wildman–Crippen LogP) is 4.25. The monoisotopic (exact) mass is 396 g/mol. The number of rotatable bonds is 5. The molecule has 1 N–H and O–H groups in total. The van der Waals surface area contributed by atoms with Gasteiger partial charge in [-0.2, -0.15) is 0 Å². The molecule has 28 heavy (non-hydrogen) atoms. The van der Waals surface area contributed by atoms with Gasteiger partial charge in [0.25, 0.3) is 0 Å². The number of hydrogen-bond donors (Lipinski definition) is 1. The molecule has 146 valence electrons. The number of nitrogens with zero attached hydrogens (tertiary/aromatic N) is 1. The van der Waals surface area contributed by atoms with Crippen molar-refractivity contribution in [2.24, 2.45) is 0 Å². The first-order chi connectivity index (χ1) is 13.1. The van der Waals surface area contributed by atoms with E-state index in [4.69, 9.17) is 0 Å². The van der Waals surface area contributed by atoms with E-state index in [9.17, 15) is 13.2 Å². The SMILES string of the molecule is Cc1cc(C)cc(N([C@@H](C)C(=O)Nc2ccc3ccccc3c2)S(C)(=O)=O)c1. The third kappa shape index (κ3) is 4.34. The first-order valence-electron chi connectivity index (χ1n) is 9.02. The highest BCUT2D eigenvalue weighted by Crippen LogP contribution is 2.25. The maximum atomic E-state index is 12.9. The standard InChI is InChI=1S/C22H24N2O3S/c1-15-11-16(2)13-21(12-15)24(28(4,26)27)17(3)22(25)23-20-10-9-18-7-5-6-8-19(18)14-20/h5-14,17H,1-4H3,(H,23,25)/t17-/m0/s1. The minimum atomic E-state index is -3.65. The van der Waals surface area contributed by atoms with E-state index < -0.39 is 16.1 Å². The lowest BCUT2D eigenvalue weighted by atomic mass is 10.1. The quantitative estimate of drug-likeness (QED) is 0.701. The molecule has 3 aromatic rings. The van der Waals surface area contributed by atoms with E-state index >= 15 is 0 Å². The number of carbonyl (C=O) groups is 1. The van der Waals surface area contributed by atoms with Crippen molar-refractivity contribution in [3.8, 4) is 0 Å². The largest absolute Gasteiger partial charge is 0.324 e. The van der Waals surface area contributed by atoms with Crippen molar-refractivity contribution in [2.45, 2.75) is 26.8 Å². The second kappa shape index (κ2) is 7.64. The molecule has 0 saturated carbocycles. The first kappa shape index (κ1) is 19.9. The summed E-state index contributed by atoms with van der Waals surface area (Å²) in [7, 11) is -3.65. The Kier molecular flexibility index (Phi) is 5.42. The van der Waals surface area contributed by atoms with Gasteiger partial charge in [-0.3, -0.25) is 9.10 Å². The van der Waals surface area contributed by atoms with E-state index in [1.165, 1.54) is 4.31 Å². The summed E-state index contributed by atoms with van der Waals surface area (Å²) in [6.07, 6.45) is 1.12. The zero-order valence-corrected chi connectivity index (χ0v) is 17.2. The second-order valence-electron chi connectivity index (χ2n) is 7.13. The molecule has 0 aliphatic heterocycles. The van der Waals surface area contributed by atoms with Crippen LogP contribution in [-0.2, 0) is 14.8 Å². The lowest BCUT2D eigenvalue weighted by Crippen LogP contribution is -2.45. The van der Waals surface area contributed by atoms with Crippen LogP contribution in [-0.4, -0.2) is 26.6 Å². The van der Waals surface area contributed by atoms with Crippen LogP contribution in [0.1, 0.15) is 18.1 Å². The van der Waals surface area contributed by atoms with Gasteiger partial charge in [-0.25, -0.2) is 8.42 Å². The number of amides is 1. The molecule has 0 heterocycles. The highest BCUT2D eigenvalue weighted by molar-refractivity contribution is 7.92. The Morgan fingerprint density at radius 2 is 1.54 bits per heavy atom. The lowest BCUT2D eigenvalue weighted by molar-refractivity contribution is -0.116. The second-order valence-corrected chi connectivity index (χ2v) is 8.99. The van der Waals surface area contributed by atoms with Gasteiger partial charge >= 0.3 is 0 Å². The molecule has 0 aromatic heterocycles. The highest BCUT2D eigenvalue weighted by atomic mass is 32.2. The van der Waals surface area contributed by atoms with E-state index in [2.05, 4.69) is 5.32 Å². The average Bonchev–Trinajstić information content (AvgIpc) is 2.59. The van der Waals surface area contributed by atoms with E-state index in [-0.39, 0.29) is 5.91 Å². The summed E-state index contributed by atoms with van der Waals surface area (Å²) in [5.74, 6) is -0.389. The number of aryl methyl sites for hydroxylation is 2. The van der Waals surface area contributed by atoms with Crippen LogP contribution in [0, 0.1) is 13.8 Å². The van der Waals surface area contributed by atoms with Gasteiger partial charge in [0.2, 0.25) is 15.9 Å². The summed E-state index contributed by atoms with van der Waals surface area (Å²) in [5, 5.41) is 4.91. The molecule has 0 saturated heterocycles. The molecule has 0 bridgehead atoms. The van der Waals surface area contributed by atoms with Gasteiger partial charge in [-0.15, -0.1) is 0 Å². The van der Waals surface area contributed by atoms with Crippen LogP contribution in [0.3, 0.4) is 0 Å². The molecule has 5 nitrogen and oxygen atoms in total. The van der Waals surface area contributed by atoms with Crippen LogP contribution in [0.4, 0.5) is 11.4 Å². The predicted molar refractivity (Wildman–Crippen MR) is 115 cm³/mol. The zero-order valence-electron chi connectivity index (χ0n) is 16.4. The third-order valence-electron chi connectivity index (χ3n) is 4.57. The van der Waals surface area contributed by atoms with Crippen molar-refractivity contribution in [1.82, 2.24) is 0 Å². The zero-order chi connectivity index (χ0) is 20.5. The van der Waals surface area contributed by atoms with Gasteiger partial charge in [0.05, 0.1) is 11.9 Å². The summed E-state index contributed by atoms with van der Waals surface area (Å²) in [6, 6.07) is 18.1. The van der Waals surface area contributed by atoms with Crippen molar-refractivity contribution in [2.75, 3.05) is 15.9 Å². The number of carbonyl (C=O) groups excluding carboxylic acids is 1. The van der Waals surface area contributed by atoms with Crippen molar-refractivity contribution in [1.29, 1.82) is 0 Å². The van der Waals surface area contributed by atoms with Gasteiger partial charge in [0, 0.05) is 5.69 Å². The minimum absolute atomic E-state index is 0.389. The normalized spacial score (nSPS) is 12.6. The maximum Gasteiger partial charge on any atom is 0.247 e. The van der Waals surface area contributed by atoms with Gasteiger partial charge < -0.3 is 5.32 Å². The van der Waals surface area contributed by atoms with E-state index in [1.807, 2.05) is 62.4 Å². The molecule has 0 radical (unpaired) electrons. The van der Waals surface area contributed by atoms with Crippen molar-refractivity contribution >= 4 is 38.1 Å². The number of sulfonamides is 1. The van der Waals surface area contributed by atoms with Crippen LogP contribution >= 0.6 is 0 Å². The smallest absolute Gasteiger partial charge is 0.247 e. The fourth-order valence-electron chi connectivity index (χ4n) is 3.40. The van der Waals surface area contributed by atoms with E-state index in [0.29, 0.717) is 11.4 Å². The molecule has 0 fully saturated rings. The molecular formula is C22H24N2O3S. The van der Waals surface area contributed by atoms with Crippen LogP contribution < -0.4 is 9.62 Å². The molecule has 3 aromatic carbocycles. The molecule has 0 unspecified atom stereocenters. The Labute approximate surface area is 166 Å². The van der Waals surface area contributed by atoms with Gasteiger partial charge in [0.1, 0.15) is 6.04 Å². The Bertz CT molecular complexity index is 1120. The molecule has 0 aliphatic rings. The molecule has 1 atom stereocenters. The molecule has 6 heteroatoms. The van der Waals surface area contributed by atoms with Crippen molar-refractivity contribution in [3.05, 3.63) is 71.8 Å². The Balaban J connectivity index is 1.91. The number of anilines is 2. The first-order valence-corrected chi connectivity index (χ1v) is 10.9. The Hall–Kier alpha value is -2.86. The van der Waals surface area contributed by atoms with Crippen molar-refractivity contribution < 1.29 is 13.2 Å². The Morgan fingerprint density at radius 3 is 2.14 bits per heavy atom. The molecule has 0 aliphatic carbocycles. The molecule has 0 spiro atoms. The maximum absolute atomic E-state index is 12.9. The van der Waals surface area contributed by atoms with E-state index in [1.54, 1.807) is 19.1 Å². The fraction of sp³-hybridized carbons (Fsp3) is 0.227. The number of nitrogens with one attached hydrogen (secondary N) is 1. The highest BCUT2D eigenvalue weighted by Gasteiger charge is 2.29. The van der Waals surface area contributed by atoms with E-state index in [0.717, 1.165) is 28.2 Å². The summed E-state index contributed by atoms with van der Waals surface area (Å²) in [5.41, 5.74) is 2.99. The summed E-state index contributed by atoms with van der Waals surface area (Å²) in [4.78, 5) is 12.9. The minimum Gasteiger partial charge on any atom is -0.324 e. The van der Waals surface area contributed by atoms with Crippen LogP contribution in [0.25, 0.3) is 10.8 Å². The number of hydrogen-bond acceptors (Lipinski definition) is 3. The fourth-order valence-corrected chi connectivity index (χ4v) is 4.56.